The number of nitrogens with one attached hydrogen (secondary N) is 1. The topological polar surface area (TPSA) is 80.6 Å². The molecule has 0 saturated carbocycles. The monoisotopic (exact) mass is 199 g/mol. The number of rotatable bonds is 4. The van der Waals surface area contributed by atoms with Crippen LogP contribution in [-0.2, 0) is 7.05 Å². The summed E-state index contributed by atoms with van der Waals surface area (Å²) in [6.45, 7) is 1.92. The lowest BCUT2D eigenvalue weighted by molar-refractivity contribution is 0.684. The van der Waals surface area contributed by atoms with Crippen LogP contribution in [0.3, 0.4) is 0 Å². The summed E-state index contributed by atoms with van der Waals surface area (Å²) in [6.07, 6.45) is 1.51. The van der Waals surface area contributed by atoms with Gasteiger partial charge in [-0.05, 0) is 0 Å². The summed E-state index contributed by atoms with van der Waals surface area (Å²) in [7, 11) is 1.84. The lowest BCUT2D eigenvalue weighted by Crippen LogP contribution is -2.21. The molecular formula is C7H13N5S. The summed E-state index contributed by atoms with van der Waals surface area (Å²) < 4.78 is 1.71. The van der Waals surface area contributed by atoms with E-state index in [-0.39, 0.29) is 11.8 Å². The van der Waals surface area contributed by atoms with Gasteiger partial charge in [0, 0.05) is 18.7 Å². The largest absolute Gasteiger partial charge is 0.387 e. The van der Waals surface area contributed by atoms with Crippen LogP contribution in [0.15, 0.2) is 11.5 Å². The molecule has 72 valence electrons. The highest BCUT2D eigenvalue weighted by Gasteiger charge is 2.08. The van der Waals surface area contributed by atoms with Crippen molar-refractivity contribution in [3.8, 4) is 0 Å². The van der Waals surface area contributed by atoms with Crippen molar-refractivity contribution in [1.82, 2.24) is 14.8 Å². The number of nitrogens with zero attached hydrogens (tertiary/aromatic N) is 3. The van der Waals surface area contributed by atoms with Crippen molar-refractivity contribution in [2.75, 3.05) is 5.75 Å². The average Bonchev–Trinajstić information content (AvgIpc) is 2.47. The Labute approximate surface area is 81.2 Å². The first-order valence-corrected chi connectivity index (χ1v) is 4.90. The van der Waals surface area contributed by atoms with Gasteiger partial charge in [-0.3, -0.25) is 5.41 Å². The maximum Gasteiger partial charge on any atom is 0.185 e. The van der Waals surface area contributed by atoms with Crippen LogP contribution in [-0.4, -0.2) is 26.4 Å². The molecule has 1 aromatic heterocycles. The van der Waals surface area contributed by atoms with E-state index in [1.165, 1.54) is 6.33 Å². The Hall–Kier alpha value is -1.04. The first-order valence-electron chi connectivity index (χ1n) is 3.92. The number of hydrogen-bond acceptors (Lipinski definition) is 4. The minimum atomic E-state index is 0.0849. The molecule has 13 heavy (non-hydrogen) atoms. The van der Waals surface area contributed by atoms with Crippen LogP contribution in [0, 0.1) is 11.3 Å². The standard InChI is InChI=1S/C7H13N5S/c1-5(6(8)9)3-13-7-10-4-11-12(7)2/h4-5H,3H2,1-2H3,(H3,8,9). The molecule has 0 saturated heterocycles. The second-order valence-corrected chi connectivity index (χ2v) is 3.82. The highest BCUT2D eigenvalue weighted by molar-refractivity contribution is 7.99. The summed E-state index contributed by atoms with van der Waals surface area (Å²) in [6, 6.07) is 0. The third-order valence-corrected chi connectivity index (χ3v) is 2.96. The average molecular weight is 199 g/mol. The zero-order chi connectivity index (χ0) is 9.84. The molecule has 1 atom stereocenters. The Balaban J connectivity index is 2.44. The van der Waals surface area contributed by atoms with E-state index in [9.17, 15) is 0 Å². The van der Waals surface area contributed by atoms with E-state index in [0.29, 0.717) is 0 Å². The fourth-order valence-electron chi connectivity index (χ4n) is 0.706. The van der Waals surface area contributed by atoms with Crippen molar-refractivity contribution in [2.45, 2.75) is 12.1 Å². The van der Waals surface area contributed by atoms with Gasteiger partial charge < -0.3 is 5.73 Å². The van der Waals surface area contributed by atoms with Crippen molar-refractivity contribution >= 4 is 17.6 Å². The molecule has 0 fully saturated rings. The molecule has 0 aliphatic rings. The maximum atomic E-state index is 7.20. The maximum absolute atomic E-state index is 7.20. The third kappa shape index (κ3) is 2.73. The van der Waals surface area contributed by atoms with Crippen LogP contribution in [0.25, 0.3) is 0 Å². The lowest BCUT2D eigenvalue weighted by atomic mass is 10.2. The number of aromatic nitrogens is 3. The van der Waals surface area contributed by atoms with E-state index in [0.717, 1.165) is 10.9 Å². The SMILES string of the molecule is CC(CSc1ncnn1C)C(=N)N. The molecule has 1 heterocycles. The minimum absolute atomic E-state index is 0.0849. The van der Waals surface area contributed by atoms with E-state index in [1.54, 1.807) is 16.4 Å². The van der Waals surface area contributed by atoms with Gasteiger partial charge >= 0.3 is 0 Å². The molecule has 5 nitrogen and oxygen atoms in total. The van der Waals surface area contributed by atoms with Gasteiger partial charge in [-0.15, -0.1) is 0 Å². The van der Waals surface area contributed by atoms with Crippen LogP contribution in [0.5, 0.6) is 0 Å². The fraction of sp³-hybridized carbons (Fsp3) is 0.571. The third-order valence-electron chi connectivity index (χ3n) is 1.66. The molecule has 0 bridgehead atoms. The number of amidine groups is 1. The van der Waals surface area contributed by atoms with Crippen LogP contribution in [0.2, 0.25) is 0 Å². The van der Waals surface area contributed by atoms with E-state index in [1.807, 2.05) is 14.0 Å². The Bertz CT molecular complexity index is 295. The van der Waals surface area contributed by atoms with E-state index < -0.39 is 0 Å². The second kappa shape index (κ2) is 4.27. The first-order chi connectivity index (χ1) is 6.11. The van der Waals surface area contributed by atoms with Gasteiger partial charge in [0.1, 0.15) is 6.33 Å². The summed E-state index contributed by atoms with van der Waals surface area (Å²) in [4.78, 5) is 4.05. The highest BCUT2D eigenvalue weighted by atomic mass is 32.2. The van der Waals surface area contributed by atoms with Crippen LogP contribution < -0.4 is 5.73 Å². The summed E-state index contributed by atoms with van der Waals surface area (Å²) in [5.74, 6) is 1.07. The highest BCUT2D eigenvalue weighted by Crippen LogP contribution is 2.16. The van der Waals surface area contributed by atoms with E-state index >= 15 is 0 Å². The van der Waals surface area contributed by atoms with Crippen LogP contribution in [0.1, 0.15) is 6.92 Å². The van der Waals surface area contributed by atoms with Crippen molar-refractivity contribution in [3.63, 3.8) is 0 Å². The molecule has 1 unspecified atom stereocenters. The van der Waals surface area contributed by atoms with E-state index in [4.69, 9.17) is 11.1 Å². The van der Waals surface area contributed by atoms with Crippen LogP contribution >= 0.6 is 11.8 Å². The van der Waals surface area contributed by atoms with E-state index in [2.05, 4.69) is 10.1 Å². The smallest absolute Gasteiger partial charge is 0.185 e. The number of aryl methyl sites for hydroxylation is 1. The molecule has 0 spiro atoms. The van der Waals surface area contributed by atoms with Gasteiger partial charge in [-0.2, -0.15) is 5.10 Å². The van der Waals surface area contributed by atoms with Crippen LogP contribution in [0.4, 0.5) is 0 Å². The second-order valence-electron chi connectivity index (χ2n) is 2.83. The zero-order valence-corrected chi connectivity index (χ0v) is 8.51. The predicted molar refractivity (Wildman–Crippen MR) is 52.8 cm³/mol. The number of hydrogen-bond donors (Lipinski definition) is 2. The molecule has 3 N–H and O–H groups in total. The lowest BCUT2D eigenvalue weighted by Gasteiger charge is -2.07. The predicted octanol–water partition coefficient (Wildman–Crippen LogP) is 0.479. The van der Waals surface area contributed by atoms with Crippen molar-refractivity contribution < 1.29 is 0 Å². The quantitative estimate of drug-likeness (QED) is 0.420. The molecule has 0 aliphatic heterocycles. The van der Waals surface area contributed by atoms with Gasteiger partial charge in [0.15, 0.2) is 5.16 Å². The van der Waals surface area contributed by atoms with Crippen molar-refractivity contribution in [3.05, 3.63) is 6.33 Å². The Morgan fingerprint density at radius 1 is 1.85 bits per heavy atom. The summed E-state index contributed by atoms with van der Waals surface area (Å²) >= 11 is 1.56. The summed E-state index contributed by atoms with van der Waals surface area (Å²) in [5, 5.41) is 12.0. The van der Waals surface area contributed by atoms with Gasteiger partial charge in [-0.1, -0.05) is 18.7 Å². The van der Waals surface area contributed by atoms with Crippen molar-refractivity contribution in [2.24, 2.45) is 18.7 Å². The fourth-order valence-corrected chi connectivity index (χ4v) is 1.64. The van der Waals surface area contributed by atoms with Gasteiger partial charge in [0.25, 0.3) is 0 Å². The molecule has 6 heteroatoms. The van der Waals surface area contributed by atoms with Gasteiger partial charge in [0.2, 0.25) is 0 Å². The molecule has 0 amide bonds. The van der Waals surface area contributed by atoms with Crippen molar-refractivity contribution in [1.29, 1.82) is 5.41 Å². The number of thioether (sulfide) groups is 1. The molecule has 0 aromatic carbocycles. The molecule has 0 aliphatic carbocycles. The summed E-state index contributed by atoms with van der Waals surface area (Å²) in [5.41, 5.74) is 5.34. The molecule has 1 rings (SSSR count). The normalized spacial score (nSPS) is 12.8. The Kier molecular flexibility index (Phi) is 3.30. The first kappa shape index (κ1) is 10.0. The molecule has 0 radical (unpaired) electrons. The Morgan fingerprint density at radius 3 is 3.00 bits per heavy atom. The van der Waals surface area contributed by atoms with Gasteiger partial charge in [-0.25, -0.2) is 9.67 Å². The Morgan fingerprint density at radius 2 is 2.54 bits per heavy atom. The van der Waals surface area contributed by atoms with Gasteiger partial charge in [0.05, 0.1) is 5.84 Å². The molecule has 1 aromatic rings. The number of nitrogens with two attached hydrogens (primary N) is 1. The minimum Gasteiger partial charge on any atom is -0.387 e. The zero-order valence-electron chi connectivity index (χ0n) is 7.69. The molecular weight excluding hydrogens is 186 g/mol.